The van der Waals surface area contributed by atoms with Crippen LogP contribution in [0, 0.1) is 17.7 Å². The van der Waals surface area contributed by atoms with Gasteiger partial charge in [-0.15, -0.1) is 0 Å². The first kappa shape index (κ1) is 15.1. The third-order valence-corrected chi connectivity index (χ3v) is 4.63. The van der Waals surface area contributed by atoms with E-state index >= 15 is 0 Å². The van der Waals surface area contributed by atoms with Gasteiger partial charge in [-0.3, -0.25) is 0 Å². The van der Waals surface area contributed by atoms with Crippen molar-refractivity contribution in [3.63, 3.8) is 0 Å². The lowest BCUT2D eigenvalue weighted by Crippen LogP contribution is -2.20. The van der Waals surface area contributed by atoms with E-state index in [0.29, 0.717) is 34.5 Å². The zero-order valence-electron chi connectivity index (χ0n) is 13.2. The van der Waals surface area contributed by atoms with Crippen LogP contribution in [0.15, 0.2) is 36.4 Å². The lowest BCUT2D eigenvalue weighted by atomic mass is 10.1. The molecule has 1 aromatic carbocycles. The number of pyridine rings is 1. The number of ether oxygens (including phenoxy) is 2. The number of hydrogen-bond donors (Lipinski definition) is 1. The average molecular weight is 328 g/mol. The SMILES string of the molecule is COC(=O)c1cc(O[C@H]2[C@@H]3CNC[C@@H]32)nc(-c2ccc(F)cc2)c1. The molecule has 1 aliphatic heterocycles. The van der Waals surface area contributed by atoms with Crippen LogP contribution >= 0.6 is 0 Å². The molecule has 2 fully saturated rings. The third kappa shape index (κ3) is 2.73. The first-order valence-corrected chi connectivity index (χ1v) is 7.89. The summed E-state index contributed by atoms with van der Waals surface area (Å²) in [5.41, 5.74) is 1.63. The van der Waals surface area contributed by atoms with Gasteiger partial charge in [0.1, 0.15) is 11.9 Å². The molecule has 2 heterocycles. The molecule has 6 heteroatoms. The molecule has 0 spiro atoms. The van der Waals surface area contributed by atoms with E-state index in [-0.39, 0.29) is 11.9 Å². The van der Waals surface area contributed by atoms with Crippen molar-refractivity contribution in [2.45, 2.75) is 6.10 Å². The fourth-order valence-electron chi connectivity index (χ4n) is 3.25. The minimum absolute atomic E-state index is 0.146. The van der Waals surface area contributed by atoms with E-state index in [1.54, 1.807) is 24.3 Å². The summed E-state index contributed by atoms with van der Waals surface area (Å²) in [6, 6.07) is 9.19. The van der Waals surface area contributed by atoms with Crippen LogP contribution in [0.3, 0.4) is 0 Å². The highest BCUT2D eigenvalue weighted by atomic mass is 19.1. The molecule has 124 valence electrons. The number of halogens is 1. The Bertz CT molecular complexity index is 768. The van der Waals surface area contributed by atoms with Crippen molar-refractivity contribution in [3.8, 4) is 17.1 Å². The molecule has 3 atom stereocenters. The summed E-state index contributed by atoms with van der Waals surface area (Å²) in [5.74, 6) is 0.656. The maximum Gasteiger partial charge on any atom is 0.338 e. The Hall–Kier alpha value is -2.47. The molecule has 2 aliphatic rings. The number of methoxy groups -OCH3 is 1. The van der Waals surface area contributed by atoms with Crippen LogP contribution in [-0.4, -0.2) is 37.3 Å². The van der Waals surface area contributed by atoms with Crippen molar-refractivity contribution >= 4 is 5.97 Å². The number of nitrogens with zero attached hydrogens (tertiary/aromatic N) is 1. The summed E-state index contributed by atoms with van der Waals surface area (Å²) in [7, 11) is 1.33. The van der Waals surface area contributed by atoms with Crippen LogP contribution < -0.4 is 10.1 Å². The Morgan fingerprint density at radius 2 is 1.92 bits per heavy atom. The fourth-order valence-corrected chi connectivity index (χ4v) is 3.25. The van der Waals surface area contributed by atoms with Crippen LogP contribution in [0.5, 0.6) is 5.88 Å². The maximum atomic E-state index is 13.1. The summed E-state index contributed by atoms with van der Waals surface area (Å²) < 4.78 is 23.9. The number of hydrogen-bond acceptors (Lipinski definition) is 5. The lowest BCUT2D eigenvalue weighted by molar-refractivity contribution is 0.0600. The third-order valence-electron chi connectivity index (χ3n) is 4.63. The summed E-state index contributed by atoms with van der Waals surface area (Å²) in [4.78, 5) is 16.4. The second-order valence-electron chi connectivity index (χ2n) is 6.15. The molecule has 0 radical (unpaired) electrons. The molecule has 4 rings (SSSR count). The van der Waals surface area contributed by atoms with E-state index in [0.717, 1.165) is 13.1 Å². The van der Waals surface area contributed by atoms with E-state index in [1.807, 2.05) is 0 Å². The van der Waals surface area contributed by atoms with Gasteiger partial charge in [0.15, 0.2) is 0 Å². The molecule has 0 amide bonds. The minimum atomic E-state index is -0.455. The van der Waals surface area contributed by atoms with Crippen molar-refractivity contribution < 1.29 is 18.7 Å². The van der Waals surface area contributed by atoms with E-state index in [1.165, 1.54) is 19.2 Å². The van der Waals surface area contributed by atoms with Gasteiger partial charge in [0.25, 0.3) is 0 Å². The second-order valence-corrected chi connectivity index (χ2v) is 6.15. The number of carbonyl (C=O) groups is 1. The van der Waals surface area contributed by atoms with E-state index in [9.17, 15) is 9.18 Å². The molecule has 1 saturated carbocycles. The number of fused-ring (bicyclic) bond motifs is 1. The Morgan fingerprint density at radius 3 is 2.58 bits per heavy atom. The highest BCUT2D eigenvalue weighted by Crippen LogP contribution is 2.44. The molecular formula is C18H17FN2O3. The number of rotatable bonds is 4. The Balaban J connectivity index is 1.66. The number of aromatic nitrogens is 1. The fraction of sp³-hybridized carbons (Fsp3) is 0.333. The van der Waals surface area contributed by atoms with Gasteiger partial charge < -0.3 is 14.8 Å². The van der Waals surface area contributed by atoms with E-state index < -0.39 is 5.97 Å². The Morgan fingerprint density at radius 1 is 1.21 bits per heavy atom. The molecular weight excluding hydrogens is 311 g/mol. The van der Waals surface area contributed by atoms with Gasteiger partial charge in [-0.25, -0.2) is 14.2 Å². The van der Waals surface area contributed by atoms with Gasteiger partial charge in [0.2, 0.25) is 5.88 Å². The zero-order chi connectivity index (χ0) is 16.7. The van der Waals surface area contributed by atoms with Crippen molar-refractivity contribution in [2.75, 3.05) is 20.2 Å². The number of esters is 1. The molecule has 1 aliphatic carbocycles. The molecule has 1 aromatic heterocycles. The highest BCUT2D eigenvalue weighted by Gasteiger charge is 2.55. The molecule has 0 bridgehead atoms. The van der Waals surface area contributed by atoms with Crippen LogP contribution in [0.25, 0.3) is 11.3 Å². The molecule has 0 unspecified atom stereocenters. The van der Waals surface area contributed by atoms with Gasteiger partial charge in [0.05, 0.1) is 18.4 Å². The first-order valence-electron chi connectivity index (χ1n) is 7.89. The second kappa shape index (κ2) is 5.87. The van der Waals surface area contributed by atoms with Gasteiger partial charge in [-0.1, -0.05) is 0 Å². The van der Waals surface area contributed by atoms with Crippen LogP contribution in [0.2, 0.25) is 0 Å². The predicted octanol–water partition coefficient (Wildman–Crippen LogP) is 2.27. The molecule has 1 N–H and O–H groups in total. The normalized spacial score (nSPS) is 24.3. The lowest BCUT2D eigenvalue weighted by Gasteiger charge is -2.11. The molecule has 1 saturated heterocycles. The predicted molar refractivity (Wildman–Crippen MR) is 85.2 cm³/mol. The van der Waals surface area contributed by atoms with Crippen molar-refractivity contribution in [3.05, 3.63) is 47.8 Å². The zero-order valence-corrected chi connectivity index (χ0v) is 13.2. The number of nitrogens with one attached hydrogen (secondary N) is 1. The quantitative estimate of drug-likeness (QED) is 0.873. The maximum absolute atomic E-state index is 13.1. The minimum Gasteiger partial charge on any atom is -0.474 e. The van der Waals surface area contributed by atoms with Crippen LogP contribution in [-0.2, 0) is 4.74 Å². The highest BCUT2D eigenvalue weighted by molar-refractivity contribution is 5.91. The summed E-state index contributed by atoms with van der Waals surface area (Å²) in [5, 5.41) is 3.31. The van der Waals surface area contributed by atoms with Crippen molar-refractivity contribution in [1.82, 2.24) is 10.3 Å². The van der Waals surface area contributed by atoms with Gasteiger partial charge in [-0.05, 0) is 30.3 Å². The van der Waals surface area contributed by atoms with Crippen LogP contribution in [0.4, 0.5) is 4.39 Å². The van der Waals surface area contributed by atoms with Gasteiger partial charge in [0, 0.05) is 36.6 Å². The monoisotopic (exact) mass is 328 g/mol. The number of piperidine rings is 1. The van der Waals surface area contributed by atoms with Crippen LogP contribution in [0.1, 0.15) is 10.4 Å². The smallest absolute Gasteiger partial charge is 0.338 e. The molecule has 5 nitrogen and oxygen atoms in total. The number of carbonyl (C=O) groups excluding carboxylic acids is 1. The van der Waals surface area contributed by atoms with Crippen molar-refractivity contribution in [1.29, 1.82) is 0 Å². The summed E-state index contributed by atoms with van der Waals surface area (Å²) in [6.07, 6.45) is 0.146. The number of benzene rings is 1. The first-order chi connectivity index (χ1) is 11.7. The topological polar surface area (TPSA) is 60.5 Å². The molecule has 2 aromatic rings. The van der Waals surface area contributed by atoms with Gasteiger partial charge >= 0.3 is 5.97 Å². The van der Waals surface area contributed by atoms with Gasteiger partial charge in [-0.2, -0.15) is 0 Å². The standard InChI is InChI=1S/C18H17FN2O3/c1-23-18(22)11-6-15(10-2-4-12(19)5-3-10)21-16(7-11)24-17-13-8-20-9-14(13)17/h2-7,13-14,17,20H,8-9H2,1H3/t13-,14+,17+. The summed E-state index contributed by atoms with van der Waals surface area (Å²) in [6.45, 7) is 1.91. The van der Waals surface area contributed by atoms with Crippen molar-refractivity contribution in [2.24, 2.45) is 11.8 Å². The Labute approximate surface area is 138 Å². The largest absolute Gasteiger partial charge is 0.474 e. The average Bonchev–Trinajstić information content (AvgIpc) is 3.03. The van der Waals surface area contributed by atoms with E-state index in [2.05, 4.69) is 10.3 Å². The summed E-state index contributed by atoms with van der Waals surface area (Å²) >= 11 is 0. The Kier molecular flexibility index (Phi) is 3.69. The van der Waals surface area contributed by atoms with E-state index in [4.69, 9.17) is 9.47 Å². The molecule has 24 heavy (non-hydrogen) atoms.